The van der Waals surface area contributed by atoms with Crippen LogP contribution in [0.2, 0.25) is 0 Å². The zero-order valence-electron chi connectivity index (χ0n) is 9.61. The molecule has 88 valence electrons. The Morgan fingerprint density at radius 1 is 1.25 bits per heavy atom. The molecule has 0 saturated carbocycles. The third-order valence-electron chi connectivity index (χ3n) is 2.56. The van der Waals surface area contributed by atoms with Gasteiger partial charge in [0.1, 0.15) is 0 Å². The van der Waals surface area contributed by atoms with E-state index in [1.807, 2.05) is 0 Å². The number of hydrogen-bond acceptors (Lipinski definition) is 6. The molecule has 16 heavy (non-hydrogen) atoms. The summed E-state index contributed by atoms with van der Waals surface area (Å²) in [5.41, 5.74) is 5.67. The molecule has 2 heterocycles. The Morgan fingerprint density at radius 3 is 2.69 bits per heavy atom. The van der Waals surface area contributed by atoms with Crippen LogP contribution in [0.3, 0.4) is 0 Å². The molecule has 6 heteroatoms. The first-order valence-corrected chi connectivity index (χ1v) is 5.80. The van der Waals surface area contributed by atoms with E-state index in [2.05, 4.69) is 32.1 Å². The standard InChI is InChI=1S/C10H18N6/c1-2-5-12-9-13-8(11)14-10(15-9)16-6-3-4-7-16/h2-7H2,1H3,(H3,11,12,13,14,15). The van der Waals surface area contributed by atoms with Crippen molar-refractivity contribution in [1.82, 2.24) is 15.0 Å². The predicted molar refractivity (Wildman–Crippen MR) is 64.5 cm³/mol. The van der Waals surface area contributed by atoms with Gasteiger partial charge in [-0.05, 0) is 19.3 Å². The Hall–Kier alpha value is -1.59. The number of anilines is 3. The van der Waals surface area contributed by atoms with Crippen LogP contribution in [0.1, 0.15) is 26.2 Å². The second-order valence-corrected chi connectivity index (χ2v) is 3.94. The zero-order valence-corrected chi connectivity index (χ0v) is 9.61. The topological polar surface area (TPSA) is 80.0 Å². The molecule has 3 N–H and O–H groups in total. The van der Waals surface area contributed by atoms with Gasteiger partial charge < -0.3 is 16.0 Å². The van der Waals surface area contributed by atoms with Crippen molar-refractivity contribution in [3.63, 3.8) is 0 Å². The third-order valence-corrected chi connectivity index (χ3v) is 2.56. The van der Waals surface area contributed by atoms with Crippen molar-refractivity contribution in [2.24, 2.45) is 0 Å². The van der Waals surface area contributed by atoms with E-state index in [0.29, 0.717) is 11.9 Å². The summed E-state index contributed by atoms with van der Waals surface area (Å²) in [6.45, 7) is 4.97. The molecule has 1 fully saturated rings. The van der Waals surface area contributed by atoms with Crippen molar-refractivity contribution in [3.05, 3.63) is 0 Å². The molecule has 0 unspecified atom stereocenters. The van der Waals surface area contributed by atoms with Crippen LogP contribution in [-0.2, 0) is 0 Å². The largest absolute Gasteiger partial charge is 0.368 e. The van der Waals surface area contributed by atoms with Crippen molar-refractivity contribution in [1.29, 1.82) is 0 Å². The summed E-state index contributed by atoms with van der Waals surface area (Å²) in [5.74, 6) is 1.57. The van der Waals surface area contributed by atoms with Crippen LogP contribution in [-0.4, -0.2) is 34.6 Å². The zero-order chi connectivity index (χ0) is 11.4. The average Bonchev–Trinajstić information content (AvgIpc) is 2.79. The number of nitrogens with two attached hydrogens (primary N) is 1. The van der Waals surface area contributed by atoms with Crippen molar-refractivity contribution in [2.45, 2.75) is 26.2 Å². The quantitative estimate of drug-likeness (QED) is 0.787. The van der Waals surface area contributed by atoms with Crippen molar-refractivity contribution in [3.8, 4) is 0 Å². The maximum absolute atomic E-state index is 5.67. The molecule has 0 aliphatic carbocycles. The molecular weight excluding hydrogens is 204 g/mol. The minimum Gasteiger partial charge on any atom is -0.368 e. The molecule has 1 aromatic rings. The van der Waals surface area contributed by atoms with Crippen LogP contribution in [0, 0.1) is 0 Å². The van der Waals surface area contributed by atoms with E-state index < -0.39 is 0 Å². The van der Waals surface area contributed by atoms with Gasteiger partial charge in [-0.2, -0.15) is 15.0 Å². The third kappa shape index (κ3) is 2.50. The van der Waals surface area contributed by atoms with E-state index in [1.54, 1.807) is 0 Å². The number of nitrogen functional groups attached to an aromatic ring is 1. The molecule has 0 amide bonds. The Balaban J connectivity index is 2.14. The fourth-order valence-electron chi connectivity index (χ4n) is 1.76. The van der Waals surface area contributed by atoms with E-state index in [4.69, 9.17) is 5.73 Å². The van der Waals surface area contributed by atoms with Gasteiger partial charge >= 0.3 is 0 Å². The monoisotopic (exact) mass is 222 g/mol. The molecule has 1 saturated heterocycles. The fraction of sp³-hybridized carbons (Fsp3) is 0.700. The molecule has 1 aromatic heterocycles. The van der Waals surface area contributed by atoms with Gasteiger partial charge in [0.05, 0.1) is 0 Å². The Morgan fingerprint density at radius 2 is 2.00 bits per heavy atom. The summed E-state index contributed by atoms with van der Waals surface area (Å²) < 4.78 is 0. The normalized spacial score (nSPS) is 15.4. The van der Waals surface area contributed by atoms with E-state index in [-0.39, 0.29) is 5.95 Å². The van der Waals surface area contributed by atoms with Gasteiger partial charge in [-0.1, -0.05) is 6.92 Å². The highest BCUT2D eigenvalue weighted by atomic mass is 15.3. The van der Waals surface area contributed by atoms with Crippen molar-refractivity contribution >= 4 is 17.8 Å². The van der Waals surface area contributed by atoms with Crippen LogP contribution in [0.15, 0.2) is 0 Å². The fourth-order valence-corrected chi connectivity index (χ4v) is 1.76. The van der Waals surface area contributed by atoms with Gasteiger partial charge in [-0.25, -0.2) is 0 Å². The molecular formula is C10H18N6. The molecule has 0 spiro atoms. The minimum absolute atomic E-state index is 0.288. The molecule has 2 rings (SSSR count). The van der Waals surface area contributed by atoms with E-state index >= 15 is 0 Å². The number of nitrogens with zero attached hydrogens (tertiary/aromatic N) is 4. The highest BCUT2D eigenvalue weighted by Gasteiger charge is 2.16. The maximum Gasteiger partial charge on any atom is 0.231 e. The van der Waals surface area contributed by atoms with Gasteiger partial charge in [0.25, 0.3) is 0 Å². The summed E-state index contributed by atoms with van der Waals surface area (Å²) in [6.07, 6.45) is 3.43. The lowest BCUT2D eigenvalue weighted by molar-refractivity contribution is 0.875. The first-order chi connectivity index (χ1) is 7.79. The second kappa shape index (κ2) is 4.96. The summed E-state index contributed by atoms with van der Waals surface area (Å²) >= 11 is 0. The van der Waals surface area contributed by atoms with Crippen molar-refractivity contribution < 1.29 is 0 Å². The predicted octanol–water partition coefficient (Wildman–Crippen LogP) is 0.876. The highest BCUT2D eigenvalue weighted by Crippen LogP contribution is 2.17. The summed E-state index contributed by atoms with van der Waals surface area (Å²) in [5, 5.41) is 3.13. The van der Waals surface area contributed by atoms with Crippen LogP contribution < -0.4 is 16.0 Å². The molecule has 0 atom stereocenters. The number of aromatic nitrogens is 3. The van der Waals surface area contributed by atoms with E-state index in [1.165, 1.54) is 12.8 Å². The average molecular weight is 222 g/mol. The first-order valence-electron chi connectivity index (χ1n) is 5.80. The van der Waals surface area contributed by atoms with Gasteiger partial charge in [-0.3, -0.25) is 0 Å². The summed E-state index contributed by atoms with van der Waals surface area (Å²) in [6, 6.07) is 0. The lowest BCUT2D eigenvalue weighted by Gasteiger charge is -2.15. The lowest BCUT2D eigenvalue weighted by atomic mass is 10.4. The molecule has 0 bridgehead atoms. The molecule has 6 nitrogen and oxygen atoms in total. The van der Waals surface area contributed by atoms with Gasteiger partial charge in [0.15, 0.2) is 0 Å². The molecule has 0 radical (unpaired) electrons. The van der Waals surface area contributed by atoms with E-state index in [9.17, 15) is 0 Å². The van der Waals surface area contributed by atoms with Crippen LogP contribution in [0.4, 0.5) is 17.8 Å². The molecule has 1 aliphatic rings. The Labute approximate surface area is 95.3 Å². The number of nitrogens with one attached hydrogen (secondary N) is 1. The molecule has 0 aromatic carbocycles. The highest BCUT2D eigenvalue weighted by molar-refractivity contribution is 5.42. The maximum atomic E-state index is 5.67. The van der Waals surface area contributed by atoms with Crippen LogP contribution in [0.25, 0.3) is 0 Å². The second-order valence-electron chi connectivity index (χ2n) is 3.94. The Kier molecular flexibility index (Phi) is 3.38. The smallest absolute Gasteiger partial charge is 0.231 e. The lowest BCUT2D eigenvalue weighted by Crippen LogP contribution is -2.22. The number of hydrogen-bond donors (Lipinski definition) is 2. The Bertz CT molecular complexity index is 347. The van der Waals surface area contributed by atoms with Crippen LogP contribution in [0.5, 0.6) is 0 Å². The van der Waals surface area contributed by atoms with Crippen molar-refractivity contribution in [2.75, 3.05) is 35.6 Å². The number of rotatable bonds is 4. The van der Waals surface area contributed by atoms with Gasteiger partial charge in [-0.15, -0.1) is 0 Å². The minimum atomic E-state index is 0.288. The van der Waals surface area contributed by atoms with Gasteiger partial charge in [0, 0.05) is 19.6 Å². The summed E-state index contributed by atoms with van der Waals surface area (Å²) in [7, 11) is 0. The first kappa shape index (κ1) is 10.9. The molecule has 1 aliphatic heterocycles. The van der Waals surface area contributed by atoms with Crippen LogP contribution >= 0.6 is 0 Å². The SMILES string of the molecule is CCCNc1nc(N)nc(N2CCCC2)n1. The van der Waals surface area contributed by atoms with Gasteiger partial charge in [0.2, 0.25) is 17.8 Å². The summed E-state index contributed by atoms with van der Waals surface area (Å²) in [4.78, 5) is 14.7. The van der Waals surface area contributed by atoms with E-state index in [0.717, 1.165) is 26.1 Å².